The van der Waals surface area contributed by atoms with Gasteiger partial charge in [-0.15, -0.1) is 11.6 Å². The number of nitrogens with zero attached hydrogens (tertiary/aromatic N) is 1. The van der Waals surface area contributed by atoms with Gasteiger partial charge in [0, 0.05) is 13.1 Å². The highest BCUT2D eigenvalue weighted by atomic mass is 35.5. The smallest absolute Gasteiger partial charge is 0.321 e. The lowest BCUT2D eigenvalue weighted by Crippen LogP contribution is -2.45. The van der Waals surface area contributed by atoms with Gasteiger partial charge in [-0.1, -0.05) is 0 Å². The van der Waals surface area contributed by atoms with Crippen molar-refractivity contribution in [2.75, 3.05) is 26.7 Å². The minimum Gasteiger partial charge on any atom is -0.337 e. The van der Waals surface area contributed by atoms with Gasteiger partial charge in [0.15, 0.2) is 0 Å². The summed E-state index contributed by atoms with van der Waals surface area (Å²) in [5.74, 6) is -0.00652. The Kier molecular flexibility index (Phi) is 5.71. The van der Waals surface area contributed by atoms with Crippen LogP contribution in [0.25, 0.3) is 0 Å². The quantitative estimate of drug-likeness (QED) is 0.738. The lowest BCUT2D eigenvalue weighted by atomic mass is 9.99. The van der Waals surface area contributed by atoms with E-state index < -0.39 is 17.3 Å². The van der Waals surface area contributed by atoms with Crippen molar-refractivity contribution in [1.29, 1.82) is 0 Å². The van der Waals surface area contributed by atoms with E-state index in [-0.39, 0.29) is 0 Å². The number of hydrogen-bond donors (Lipinski definition) is 2. The maximum Gasteiger partial charge on any atom is 0.321 e. The molecule has 0 spiro atoms. The summed E-state index contributed by atoms with van der Waals surface area (Å²) in [6.45, 7) is 4.23. The molecule has 0 aromatic heterocycles. The third-order valence-electron chi connectivity index (χ3n) is 2.87. The molecule has 0 radical (unpaired) electrons. The molecule has 3 amide bonds. The predicted molar refractivity (Wildman–Crippen MR) is 67.1 cm³/mol. The van der Waals surface area contributed by atoms with E-state index in [4.69, 9.17) is 11.6 Å². The zero-order valence-electron chi connectivity index (χ0n) is 10.3. The zero-order chi connectivity index (χ0) is 12.8. The van der Waals surface area contributed by atoms with Crippen LogP contribution in [-0.2, 0) is 4.79 Å². The number of nitrogens with one attached hydrogen (secondary N) is 2. The van der Waals surface area contributed by atoms with Crippen molar-refractivity contribution < 1.29 is 9.59 Å². The molecule has 6 heteroatoms. The van der Waals surface area contributed by atoms with E-state index in [1.165, 1.54) is 6.92 Å². The molecule has 1 aliphatic heterocycles. The molecule has 1 rings (SSSR count). The van der Waals surface area contributed by atoms with Crippen LogP contribution in [0.1, 0.15) is 19.8 Å². The highest BCUT2D eigenvalue weighted by Gasteiger charge is 2.18. The number of likely N-dealkylation sites (tertiary alicyclic amines) is 1. The molecule has 5 nitrogen and oxygen atoms in total. The van der Waals surface area contributed by atoms with Crippen LogP contribution in [0.5, 0.6) is 0 Å². The largest absolute Gasteiger partial charge is 0.337 e. The Hall–Kier alpha value is -0.810. The first-order valence-electron chi connectivity index (χ1n) is 5.90. The first-order chi connectivity index (χ1) is 7.99. The fourth-order valence-corrected chi connectivity index (χ4v) is 1.99. The van der Waals surface area contributed by atoms with Gasteiger partial charge in [-0.2, -0.15) is 0 Å². The maximum atomic E-state index is 11.4. The second-order valence-corrected chi connectivity index (χ2v) is 5.24. The van der Waals surface area contributed by atoms with Crippen molar-refractivity contribution in [3.8, 4) is 0 Å². The number of urea groups is 1. The van der Waals surface area contributed by atoms with Gasteiger partial charge in [0.25, 0.3) is 0 Å². The zero-order valence-corrected chi connectivity index (χ0v) is 11.1. The molecule has 0 bridgehead atoms. The molecule has 1 saturated heterocycles. The summed E-state index contributed by atoms with van der Waals surface area (Å²) in [5.41, 5.74) is 0. The predicted octanol–water partition coefficient (Wildman–Crippen LogP) is 0.781. The molecule has 2 unspecified atom stereocenters. The first kappa shape index (κ1) is 14.3. The number of piperidine rings is 1. The lowest BCUT2D eigenvalue weighted by molar-refractivity contribution is -0.119. The Labute approximate surface area is 107 Å². The molecule has 0 aromatic carbocycles. The Morgan fingerprint density at radius 1 is 1.53 bits per heavy atom. The van der Waals surface area contributed by atoms with Crippen LogP contribution in [0.2, 0.25) is 0 Å². The summed E-state index contributed by atoms with van der Waals surface area (Å²) < 4.78 is 0. The Bertz CT molecular complexity index is 284. The van der Waals surface area contributed by atoms with Gasteiger partial charge in [0.05, 0.1) is 0 Å². The van der Waals surface area contributed by atoms with Crippen LogP contribution >= 0.6 is 11.6 Å². The van der Waals surface area contributed by atoms with Crippen LogP contribution in [0.3, 0.4) is 0 Å². The minimum atomic E-state index is -0.693. The molecule has 2 N–H and O–H groups in total. The number of halogens is 1. The van der Waals surface area contributed by atoms with Crippen molar-refractivity contribution >= 4 is 23.5 Å². The second kappa shape index (κ2) is 6.81. The van der Waals surface area contributed by atoms with Gasteiger partial charge in [-0.25, -0.2) is 4.79 Å². The van der Waals surface area contributed by atoms with Crippen LogP contribution in [0.4, 0.5) is 4.79 Å². The van der Waals surface area contributed by atoms with Crippen LogP contribution in [0, 0.1) is 5.92 Å². The van der Waals surface area contributed by atoms with E-state index in [1.54, 1.807) is 0 Å². The Morgan fingerprint density at radius 2 is 2.24 bits per heavy atom. The summed E-state index contributed by atoms with van der Waals surface area (Å²) in [7, 11) is 2.07. The van der Waals surface area contributed by atoms with Gasteiger partial charge in [0.1, 0.15) is 5.38 Å². The molecule has 0 aromatic rings. The van der Waals surface area contributed by atoms with Crippen molar-refractivity contribution in [1.82, 2.24) is 15.5 Å². The number of amides is 3. The van der Waals surface area contributed by atoms with Crippen LogP contribution < -0.4 is 10.6 Å². The van der Waals surface area contributed by atoms with E-state index in [0.29, 0.717) is 12.5 Å². The highest BCUT2D eigenvalue weighted by molar-refractivity contribution is 6.31. The summed E-state index contributed by atoms with van der Waals surface area (Å²) in [6, 6.07) is -0.462. The van der Waals surface area contributed by atoms with Gasteiger partial charge in [0.2, 0.25) is 5.91 Å². The van der Waals surface area contributed by atoms with Crippen molar-refractivity contribution in [2.45, 2.75) is 25.1 Å². The number of alkyl halides is 1. The van der Waals surface area contributed by atoms with Crippen molar-refractivity contribution in [2.24, 2.45) is 5.92 Å². The van der Waals surface area contributed by atoms with Crippen LogP contribution in [-0.4, -0.2) is 48.9 Å². The summed E-state index contributed by atoms with van der Waals surface area (Å²) in [6.07, 6.45) is 2.27. The van der Waals surface area contributed by atoms with Gasteiger partial charge >= 0.3 is 6.03 Å². The molecule has 2 atom stereocenters. The third-order valence-corrected chi connectivity index (χ3v) is 3.07. The topological polar surface area (TPSA) is 61.4 Å². The summed E-state index contributed by atoms with van der Waals surface area (Å²) >= 11 is 5.54. The molecule has 0 aliphatic carbocycles. The molecule has 1 aliphatic rings. The first-order valence-corrected chi connectivity index (χ1v) is 6.34. The van der Waals surface area contributed by atoms with E-state index in [9.17, 15) is 9.59 Å². The van der Waals surface area contributed by atoms with Gasteiger partial charge < -0.3 is 10.2 Å². The maximum absolute atomic E-state index is 11.4. The highest BCUT2D eigenvalue weighted by Crippen LogP contribution is 2.13. The average molecular weight is 262 g/mol. The van der Waals surface area contributed by atoms with Crippen LogP contribution in [0.15, 0.2) is 0 Å². The normalized spacial score (nSPS) is 22.9. The number of imide groups is 1. The summed E-state index contributed by atoms with van der Waals surface area (Å²) in [4.78, 5) is 24.8. The molecule has 1 heterocycles. The van der Waals surface area contributed by atoms with E-state index in [1.807, 2.05) is 0 Å². The number of rotatable bonds is 3. The lowest BCUT2D eigenvalue weighted by Gasteiger charge is -2.29. The van der Waals surface area contributed by atoms with E-state index >= 15 is 0 Å². The number of carbonyl (C=O) groups excluding carboxylic acids is 2. The second-order valence-electron chi connectivity index (χ2n) is 4.59. The molecule has 17 heavy (non-hydrogen) atoms. The van der Waals surface area contributed by atoms with Crippen molar-refractivity contribution in [3.05, 3.63) is 0 Å². The fraction of sp³-hybridized carbons (Fsp3) is 0.818. The fourth-order valence-electron chi connectivity index (χ4n) is 1.93. The molecule has 0 saturated carbocycles. The van der Waals surface area contributed by atoms with Gasteiger partial charge in [-0.3, -0.25) is 10.1 Å². The molecule has 98 valence electrons. The SMILES string of the molecule is CC(Cl)C(=O)NC(=O)NCC1CCCN(C)C1. The van der Waals surface area contributed by atoms with Gasteiger partial charge in [-0.05, 0) is 39.3 Å². The molecular formula is C11H20ClN3O2. The number of hydrogen-bond acceptors (Lipinski definition) is 3. The summed E-state index contributed by atoms with van der Waals surface area (Å²) in [5, 5.41) is 4.21. The Morgan fingerprint density at radius 3 is 2.82 bits per heavy atom. The Balaban J connectivity index is 2.21. The number of carbonyl (C=O) groups is 2. The minimum absolute atomic E-state index is 0.461. The monoisotopic (exact) mass is 261 g/mol. The average Bonchev–Trinajstić information content (AvgIpc) is 2.26. The van der Waals surface area contributed by atoms with Crippen molar-refractivity contribution in [3.63, 3.8) is 0 Å². The van der Waals surface area contributed by atoms with E-state index in [0.717, 1.165) is 25.9 Å². The third kappa shape index (κ3) is 5.37. The standard InChI is InChI=1S/C11H20ClN3O2/c1-8(12)10(16)14-11(17)13-6-9-4-3-5-15(2)7-9/h8-9H,3-7H2,1-2H3,(H2,13,14,16,17). The molecule has 1 fully saturated rings. The molecular weight excluding hydrogens is 242 g/mol. The van der Waals surface area contributed by atoms with E-state index in [2.05, 4.69) is 22.6 Å².